The van der Waals surface area contributed by atoms with E-state index < -0.39 is 73.8 Å². The topological polar surface area (TPSA) is 203 Å². The van der Waals surface area contributed by atoms with Crippen LogP contribution in [-0.2, 0) is 35.6 Å². The maximum absolute atomic E-state index is 15.1. The third-order valence-electron chi connectivity index (χ3n) is 14.3. The highest BCUT2D eigenvalue weighted by Crippen LogP contribution is 2.47. The molecule has 0 radical (unpaired) electrons. The molecule has 4 aliphatic carbocycles. The van der Waals surface area contributed by atoms with Crippen LogP contribution in [-0.4, -0.2) is 101 Å². The van der Waals surface area contributed by atoms with Gasteiger partial charge in [0.15, 0.2) is 0 Å². The van der Waals surface area contributed by atoms with Gasteiger partial charge in [-0.2, -0.15) is 0 Å². The van der Waals surface area contributed by atoms with Gasteiger partial charge in [-0.25, -0.2) is 18.2 Å². The minimum Gasteiger partial charge on any atom is -0.492 e. The number of amides is 4. The number of hydrogen-bond donors (Lipinski definition) is 4. The molecule has 15 nitrogen and oxygen atoms in total. The summed E-state index contributed by atoms with van der Waals surface area (Å²) in [6.07, 6.45) is 13.1. The normalized spacial score (nSPS) is 29.9. The second-order valence-electron chi connectivity index (χ2n) is 19.6. The van der Waals surface area contributed by atoms with Gasteiger partial charge in [0.1, 0.15) is 35.6 Å². The molecule has 4 saturated carbocycles. The molecule has 4 amide bonds. The molecule has 1 aromatic carbocycles. The SMILES string of the molecule is C=C[C@@H]1C[C@]1(NC(=O)[C@@H]1C[C@@H]2CN1C(=O)[C@H](C1CCCC1)NC(=O)O[C@@H]1CCC[C@H]1CCC=CCc1c(nc3ccccc3c1OCCC(C)(C)O)O2)C(=O)NS(=O)(=O)C1(C)CC1. The number of ether oxygens (including phenoxy) is 3. The zero-order chi connectivity index (χ0) is 44.7. The maximum Gasteiger partial charge on any atom is 0.408 e. The number of para-hydroxylation sites is 1. The van der Waals surface area contributed by atoms with Gasteiger partial charge in [0.2, 0.25) is 27.7 Å². The van der Waals surface area contributed by atoms with E-state index in [9.17, 15) is 27.9 Å². The van der Waals surface area contributed by atoms with Gasteiger partial charge in [0.25, 0.3) is 5.91 Å². The molecule has 16 heteroatoms. The van der Waals surface area contributed by atoms with Crippen LogP contribution in [0.2, 0.25) is 0 Å². The Hall–Kier alpha value is -4.70. The molecule has 2 aliphatic heterocycles. The third-order valence-corrected chi connectivity index (χ3v) is 16.5. The summed E-state index contributed by atoms with van der Waals surface area (Å²) in [5.41, 5.74) is -1.26. The van der Waals surface area contributed by atoms with Crippen molar-refractivity contribution in [1.82, 2.24) is 25.2 Å². The molecular weight excluding hydrogens is 827 g/mol. The quantitative estimate of drug-likeness (QED) is 0.207. The van der Waals surface area contributed by atoms with Crippen molar-refractivity contribution < 1.29 is 46.9 Å². The molecule has 8 rings (SSSR count). The molecule has 4 N–H and O–H groups in total. The Kier molecular flexibility index (Phi) is 12.6. The lowest BCUT2D eigenvalue weighted by Crippen LogP contribution is -2.59. The predicted molar refractivity (Wildman–Crippen MR) is 235 cm³/mol. The zero-order valence-corrected chi connectivity index (χ0v) is 37.6. The molecule has 0 unspecified atom stereocenters. The van der Waals surface area contributed by atoms with Gasteiger partial charge in [-0.15, -0.1) is 6.58 Å². The number of allylic oxidation sites excluding steroid dienone is 2. The van der Waals surface area contributed by atoms with Crippen LogP contribution in [0.1, 0.15) is 116 Å². The van der Waals surface area contributed by atoms with Crippen LogP contribution >= 0.6 is 0 Å². The first kappa shape index (κ1) is 44.9. The monoisotopic (exact) mass is 889 g/mol. The fraction of sp³-hybridized carbons (Fsp3) is 0.638. The highest BCUT2D eigenvalue weighted by Gasteiger charge is 2.63. The number of alkyl carbamates (subject to hydrolysis) is 1. The number of fused-ring (bicyclic) bond motifs is 5. The number of nitrogens with one attached hydrogen (secondary N) is 3. The lowest BCUT2D eigenvalue weighted by molar-refractivity contribution is -0.142. The van der Waals surface area contributed by atoms with Crippen molar-refractivity contribution in [2.24, 2.45) is 17.8 Å². The number of carbonyl (C=O) groups is 4. The molecule has 2 bridgehead atoms. The standard InChI is InChI=1S/C47H63N5O10S/c1-5-31-27-47(31,43(55)51-63(58,59)46(4)22-23-46)50-40(53)36-26-32-28-52(36)42(54)38(30-15-9-10-16-30)49-44(56)62-37-21-13-17-29(37)14-7-6-8-19-34-39(60-25-24-45(2,3)57)33-18-11-12-20-35(33)48-41(34)61-32/h5-6,8,11-12,18,20,29-32,36-38,57H,1,7,9-10,13-17,19,21-28H2,2-4H3,(H,49,56)(H,50,53)(H,51,55)/t29-,31-,32-,36+,37-,38+,47-/m1/s1. The molecule has 63 heavy (non-hydrogen) atoms. The summed E-state index contributed by atoms with van der Waals surface area (Å²) < 4.78 is 47.0. The number of hydrogen-bond acceptors (Lipinski definition) is 11. The Morgan fingerprint density at radius 3 is 2.52 bits per heavy atom. The third kappa shape index (κ3) is 9.57. The molecule has 6 aliphatic rings. The summed E-state index contributed by atoms with van der Waals surface area (Å²) in [5.74, 6) is -1.69. The second kappa shape index (κ2) is 17.7. The molecule has 2 aromatic rings. The van der Waals surface area contributed by atoms with E-state index in [1.807, 2.05) is 24.3 Å². The zero-order valence-electron chi connectivity index (χ0n) is 36.7. The van der Waals surface area contributed by atoms with E-state index in [2.05, 4.69) is 34.1 Å². The average molecular weight is 890 g/mol. The van der Waals surface area contributed by atoms with Gasteiger partial charge >= 0.3 is 6.09 Å². The molecule has 1 aromatic heterocycles. The van der Waals surface area contributed by atoms with E-state index in [1.54, 1.807) is 20.8 Å². The lowest BCUT2D eigenvalue weighted by Gasteiger charge is -2.32. The van der Waals surface area contributed by atoms with Crippen molar-refractivity contribution in [2.45, 2.75) is 157 Å². The van der Waals surface area contributed by atoms with Gasteiger partial charge in [0, 0.05) is 24.1 Å². The summed E-state index contributed by atoms with van der Waals surface area (Å²) in [4.78, 5) is 63.8. The molecule has 1 saturated heterocycles. The second-order valence-corrected chi connectivity index (χ2v) is 21.8. The van der Waals surface area contributed by atoms with Crippen molar-refractivity contribution in [3.05, 3.63) is 54.6 Å². The molecule has 0 spiro atoms. The highest BCUT2D eigenvalue weighted by atomic mass is 32.2. The van der Waals surface area contributed by atoms with Crippen molar-refractivity contribution >= 4 is 44.7 Å². The molecule has 3 heterocycles. The Bertz CT molecular complexity index is 2250. The minimum atomic E-state index is -4.02. The first-order valence-corrected chi connectivity index (χ1v) is 24.4. The lowest BCUT2D eigenvalue weighted by atomic mass is 9.96. The Morgan fingerprint density at radius 1 is 1.06 bits per heavy atom. The van der Waals surface area contributed by atoms with Gasteiger partial charge in [-0.3, -0.25) is 19.1 Å². The number of nitrogens with zero attached hydrogens (tertiary/aromatic N) is 2. The van der Waals surface area contributed by atoms with Gasteiger partial charge in [0.05, 0.1) is 34.6 Å². The predicted octanol–water partition coefficient (Wildman–Crippen LogP) is 5.53. The van der Waals surface area contributed by atoms with Crippen LogP contribution in [0, 0.1) is 17.8 Å². The van der Waals surface area contributed by atoms with Crippen LogP contribution in [0.15, 0.2) is 49.1 Å². The van der Waals surface area contributed by atoms with Crippen molar-refractivity contribution in [3.63, 3.8) is 0 Å². The average Bonchev–Trinajstić information content (AvgIpc) is 3.86. The number of sulfonamides is 1. The van der Waals surface area contributed by atoms with Crippen molar-refractivity contribution in [3.8, 4) is 11.6 Å². The first-order valence-electron chi connectivity index (χ1n) is 22.9. The van der Waals surface area contributed by atoms with Gasteiger partial charge in [-0.1, -0.05) is 43.2 Å². The summed E-state index contributed by atoms with van der Waals surface area (Å²) in [5, 5.41) is 17.2. The molecule has 7 atom stereocenters. The van der Waals surface area contributed by atoms with Crippen molar-refractivity contribution in [1.29, 1.82) is 0 Å². The largest absolute Gasteiger partial charge is 0.492 e. The Balaban J connectivity index is 1.16. The van der Waals surface area contributed by atoms with Crippen LogP contribution in [0.5, 0.6) is 11.6 Å². The van der Waals surface area contributed by atoms with Gasteiger partial charge < -0.3 is 34.9 Å². The van der Waals surface area contributed by atoms with Crippen LogP contribution in [0.25, 0.3) is 10.9 Å². The summed E-state index contributed by atoms with van der Waals surface area (Å²) in [6.45, 7) is 9.05. The van der Waals surface area contributed by atoms with Crippen LogP contribution in [0.3, 0.4) is 0 Å². The van der Waals surface area contributed by atoms with E-state index in [0.717, 1.165) is 50.3 Å². The fourth-order valence-corrected chi connectivity index (χ4v) is 11.3. The fourth-order valence-electron chi connectivity index (χ4n) is 9.96. The number of rotatable bonds is 11. The van der Waals surface area contributed by atoms with E-state index in [4.69, 9.17) is 19.2 Å². The first-order chi connectivity index (χ1) is 30.0. The Labute approximate surface area is 370 Å². The van der Waals surface area contributed by atoms with E-state index in [1.165, 1.54) is 11.0 Å². The number of aliphatic hydroxyl groups is 1. The van der Waals surface area contributed by atoms with Crippen LogP contribution in [0.4, 0.5) is 4.79 Å². The summed E-state index contributed by atoms with van der Waals surface area (Å²) >= 11 is 0. The molecule has 5 fully saturated rings. The maximum atomic E-state index is 15.1. The minimum absolute atomic E-state index is 0.00859. The van der Waals surface area contributed by atoms with Gasteiger partial charge in [-0.05, 0) is 115 Å². The summed E-state index contributed by atoms with van der Waals surface area (Å²) in [7, 11) is -4.02. The smallest absolute Gasteiger partial charge is 0.408 e. The van der Waals surface area contributed by atoms with E-state index >= 15 is 4.79 Å². The highest BCUT2D eigenvalue weighted by molar-refractivity contribution is 7.91. The van der Waals surface area contributed by atoms with Crippen LogP contribution < -0.4 is 24.8 Å². The number of pyridine rings is 1. The number of aromatic nitrogens is 1. The molecular formula is C47H63N5O10S. The Morgan fingerprint density at radius 2 is 1.81 bits per heavy atom. The number of benzene rings is 1. The summed E-state index contributed by atoms with van der Waals surface area (Å²) in [6, 6.07) is 5.43. The van der Waals surface area contributed by atoms with E-state index in [0.29, 0.717) is 55.4 Å². The molecule has 342 valence electrons. The van der Waals surface area contributed by atoms with E-state index in [-0.39, 0.29) is 49.8 Å². The number of carbonyl (C=O) groups excluding carboxylic acids is 4. The van der Waals surface area contributed by atoms with Crippen molar-refractivity contribution in [2.75, 3.05) is 13.2 Å².